The molecule has 0 aliphatic rings. The van der Waals surface area contributed by atoms with E-state index in [1.807, 2.05) is 0 Å². The Morgan fingerprint density at radius 3 is 1.45 bits per heavy atom. The number of carbonyl (C=O) groups is 8. The Kier molecular flexibility index (Phi) is 39.4. The molecule has 17 heteroatoms. The topological polar surface area (TPSA) is 258 Å². The quantitative estimate of drug-likeness (QED) is 0.0401. The van der Waals surface area contributed by atoms with E-state index in [1.54, 1.807) is 13.8 Å². The number of carbonyl (C=O) groups excluding carboxylic acids is 5. The van der Waals surface area contributed by atoms with Crippen LogP contribution in [0.1, 0.15) is 174 Å². The van der Waals surface area contributed by atoms with Crippen molar-refractivity contribution < 1.29 is 72.6 Å². The summed E-state index contributed by atoms with van der Waals surface area (Å²) in [6.45, 7) is 5.31. The van der Waals surface area contributed by atoms with Gasteiger partial charge in [0.05, 0.1) is 39.0 Å². The maximum atomic E-state index is 12.5. The number of ketones is 3. The lowest BCUT2D eigenvalue weighted by molar-refractivity contribution is -0.145. The summed E-state index contributed by atoms with van der Waals surface area (Å²) in [5, 5.41) is 32.9. The maximum Gasteiger partial charge on any atom is 0.326 e. The predicted molar refractivity (Wildman–Crippen MR) is 240 cm³/mol. The van der Waals surface area contributed by atoms with Gasteiger partial charge in [0, 0.05) is 57.6 Å². The number of Topliss-reactive ketones (excluding diaryl/α,β-unsaturated/α-hetero) is 3. The minimum atomic E-state index is -1.32. The smallest absolute Gasteiger partial charge is 0.326 e. The highest BCUT2D eigenvalue weighted by Crippen LogP contribution is 2.18. The molecule has 0 saturated heterocycles. The van der Waals surface area contributed by atoms with Gasteiger partial charge in [-0.1, -0.05) is 104 Å². The summed E-state index contributed by atoms with van der Waals surface area (Å²) < 4.78 is 21.3. The fourth-order valence-corrected chi connectivity index (χ4v) is 6.65. The number of nitrogens with one attached hydrogen (secondary N) is 2. The zero-order valence-corrected chi connectivity index (χ0v) is 39.0. The first-order valence-electron chi connectivity index (χ1n) is 23.8. The molecule has 370 valence electrons. The van der Waals surface area contributed by atoms with E-state index in [-0.39, 0.29) is 127 Å². The van der Waals surface area contributed by atoms with Gasteiger partial charge in [-0.15, -0.1) is 0 Å². The molecule has 0 aliphatic heterocycles. The summed E-state index contributed by atoms with van der Waals surface area (Å²) in [6.07, 6.45) is 17.9. The fourth-order valence-electron chi connectivity index (χ4n) is 6.65. The minimum Gasteiger partial charge on any atom is -0.481 e. The average Bonchev–Trinajstić information content (AvgIpc) is 3.24. The summed E-state index contributed by atoms with van der Waals surface area (Å²) in [6, 6.07) is -1.32. The molecule has 5 N–H and O–H groups in total. The molecule has 0 aliphatic carbocycles. The molecule has 0 bridgehead atoms. The monoisotopic (exact) mass is 915 g/mol. The molecular formula is C47H82N2O15. The first-order chi connectivity index (χ1) is 30.7. The summed E-state index contributed by atoms with van der Waals surface area (Å²) >= 11 is 0. The number of ether oxygens (including phenoxy) is 4. The summed E-state index contributed by atoms with van der Waals surface area (Å²) in [4.78, 5) is 94.9. The Hall–Kier alpha value is -3.80. The second-order valence-electron chi connectivity index (χ2n) is 16.8. The Morgan fingerprint density at radius 2 is 0.938 bits per heavy atom. The third-order valence-corrected chi connectivity index (χ3v) is 10.7. The lowest BCUT2D eigenvalue weighted by Crippen LogP contribution is -2.41. The van der Waals surface area contributed by atoms with Gasteiger partial charge in [-0.3, -0.25) is 33.6 Å². The van der Waals surface area contributed by atoms with Crippen LogP contribution in [0.2, 0.25) is 0 Å². The van der Waals surface area contributed by atoms with Gasteiger partial charge in [0.1, 0.15) is 30.8 Å². The molecule has 64 heavy (non-hydrogen) atoms. The van der Waals surface area contributed by atoms with Gasteiger partial charge < -0.3 is 44.9 Å². The van der Waals surface area contributed by atoms with Gasteiger partial charge in [0.15, 0.2) is 5.78 Å². The molecule has 0 aromatic carbocycles. The Morgan fingerprint density at radius 1 is 0.453 bits per heavy atom. The van der Waals surface area contributed by atoms with E-state index in [1.165, 1.54) is 51.4 Å². The van der Waals surface area contributed by atoms with E-state index in [9.17, 15) is 48.6 Å². The first-order valence-corrected chi connectivity index (χ1v) is 23.8. The van der Waals surface area contributed by atoms with Gasteiger partial charge in [-0.25, -0.2) is 4.79 Å². The van der Waals surface area contributed by atoms with Crippen LogP contribution in [0.4, 0.5) is 0 Å². The van der Waals surface area contributed by atoms with E-state index in [0.717, 1.165) is 44.9 Å². The molecule has 2 amide bonds. The van der Waals surface area contributed by atoms with Crippen LogP contribution >= 0.6 is 0 Å². The van der Waals surface area contributed by atoms with Crippen molar-refractivity contribution in [3.63, 3.8) is 0 Å². The van der Waals surface area contributed by atoms with E-state index in [0.29, 0.717) is 26.0 Å². The van der Waals surface area contributed by atoms with Gasteiger partial charge in [-0.2, -0.15) is 0 Å². The van der Waals surface area contributed by atoms with Crippen molar-refractivity contribution in [1.82, 2.24) is 10.6 Å². The maximum absolute atomic E-state index is 12.5. The molecule has 0 fully saturated rings. The van der Waals surface area contributed by atoms with Crippen LogP contribution in [0.15, 0.2) is 0 Å². The lowest BCUT2D eigenvalue weighted by Gasteiger charge is -2.16. The molecule has 2 atom stereocenters. The summed E-state index contributed by atoms with van der Waals surface area (Å²) in [7, 11) is 0. The van der Waals surface area contributed by atoms with E-state index < -0.39 is 35.8 Å². The van der Waals surface area contributed by atoms with Crippen molar-refractivity contribution in [3.05, 3.63) is 0 Å². The van der Waals surface area contributed by atoms with Crippen LogP contribution in [0.3, 0.4) is 0 Å². The summed E-state index contributed by atoms with van der Waals surface area (Å²) in [5.74, 6) is -5.64. The molecule has 0 aromatic heterocycles. The largest absolute Gasteiger partial charge is 0.481 e. The number of carboxylic acid groups (broad SMARTS) is 3. The Bertz CT molecular complexity index is 1310. The van der Waals surface area contributed by atoms with Crippen LogP contribution in [0, 0.1) is 11.8 Å². The minimum absolute atomic E-state index is 0.0256. The number of rotatable bonds is 48. The van der Waals surface area contributed by atoms with Crippen LogP contribution in [0.5, 0.6) is 0 Å². The molecule has 0 spiro atoms. The van der Waals surface area contributed by atoms with E-state index in [4.69, 9.17) is 24.1 Å². The lowest BCUT2D eigenvalue weighted by atomic mass is 9.94. The third-order valence-electron chi connectivity index (χ3n) is 10.7. The number of amides is 2. The second kappa shape index (κ2) is 41.9. The van der Waals surface area contributed by atoms with Crippen LogP contribution < -0.4 is 10.6 Å². The van der Waals surface area contributed by atoms with Crippen molar-refractivity contribution >= 4 is 47.1 Å². The van der Waals surface area contributed by atoms with Crippen molar-refractivity contribution in [2.45, 2.75) is 180 Å². The number of carboxylic acids is 3. The molecule has 17 nitrogen and oxygen atoms in total. The molecule has 0 unspecified atom stereocenters. The Balaban J connectivity index is 3.95. The van der Waals surface area contributed by atoms with Crippen molar-refractivity contribution in [2.75, 3.05) is 59.4 Å². The highest BCUT2D eigenvalue weighted by atomic mass is 16.5. The van der Waals surface area contributed by atoms with Crippen molar-refractivity contribution in [2.24, 2.45) is 11.8 Å². The normalized spacial score (nSPS) is 12.2. The standard InChI is InChI=1S/C47H82N2O15/c1-37(2)42(52)35-63-32-31-62-29-27-48-44(54)36-64-33-30-61-28-19-21-39(50)24-25-41(47(59)60)49-43(53)26-23-38(46(57)58)34-40(51)20-17-15-13-11-9-7-5-3-4-6-8-10-12-14-16-18-22-45(55)56/h37-38,41H,3-36H2,1-2H3,(H,48,54)(H,49,53)(H,55,56)(H,57,58)(H,59,60)/t38-,41+/m1/s1. The Labute approximate surface area is 381 Å². The fraction of sp³-hybridized carbons (Fsp3) is 0.830. The highest BCUT2D eigenvalue weighted by molar-refractivity contribution is 5.86. The molecule has 0 heterocycles. The highest BCUT2D eigenvalue weighted by Gasteiger charge is 2.25. The van der Waals surface area contributed by atoms with Crippen molar-refractivity contribution in [3.8, 4) is 0 Å². The first kappa shape index (κ1) is 60.2. The molecule has 0 rings (SSSR count). The van der Waals surface area contributed by atoms with Gasteiger partial charge in [0.25, 0.3) is 0 Å². The van der Waals surface area contributed by atoms with Crippen LogP contribution in [0.25, 0.3) is 0 Å². The molecular weight excluding hydrogens is 833 g/mol. The zero-order chi connectivity index (χ0) is 47.6. The third kappa shape index (κ3) is 39.8. The van der Waals surface area contributed by atoms with Gasteiger partial charge >= 0.3 is 17.9 Å². The van der Waals surface area contributed by atoms with Gasteiger partial charge in [-0.05, 0) is 32.1 Å². The van der Waals surface area contributed by atoms with Crippen LogP contribution in [-0.4, -0.2) is 128 Å². The number of aliphatic carboxylic acids is 3. The van der Waals surface area contributed by atoms with Crippen LogP contribution in [-0.2, 0) is 57.3 Å². The van der Waals surface area contributed by atoms with Crippen molar-refractivity contribution in [1.29, 1.82) is 0 Å². The number of hydrogen-bond acceptors (Lipinski definition) is 12. The molecule has 0 aromatic rings. The van der Waals surface area contributed by atoms with E-state index in [2.05, 4.69) is 10.6 Å². The summed E-state index contributed by atoms with van der Waals surface area (Å²) in [5.41, 5.74) is 0. The zero-order valence-electron chi connectivity index (χ0n) is 39.0. The SMILES string of the molecule is CC(C)C(=O)COCCOCCNC(=O)COCCOCCCC(=O)CC[C@H](NC(=O)CC[C@H](CC(=O)CCCCCCCCCCCCCCCCCCC(=O)O)C(=O)O)C(=O)O. The number of unbranched alkanes of at least 4 members (excludes halogenated alkanes) is 15. The van der Waals surface area contributed by atoms with Gasteiger partial charge in [0.2, 0.25) is 11.8 Å². The second-order valence-corrected chi connectivity index (χ2v) is 16.8. The average molecular weight is 915 g/mol. The predicted octanol–water partition coefficient (Wildman–Crippen LogP) is 6.64. The molecule has 0 saturated carbocycles. The molecule has 0 radical (unpaired) electrons. The van der Waals surface area contributed by atoms with E-state index >= 15 is 0 Å². The number of hydrogen-bond donors (Lipinski definition) is 5.